The Bertz CT molecular complexity index is 329. The Labute approximate surface area is 109 Å². The third kappa shape index (κ3) is 2.43. The SMILES string of the molecule is C=CCCC1([C@@H]2C(=O)CC[C@H]2CC=C)OCCO1. The molecule has 0 radical (unpaired) electrons. The van der Waals surface area contributed by atoms with Crippen LogP contribution < -0.4 is 0 Å². The number of rotatable bonds is 6. The van der Waals surface area contributed by atoms with Crippen molar-refractivity contribution in [2.75, 3.05) is 13.2 Å². The Kier molecular flexibility index (Phi) is 4.36. The molecule has 0 unspecified atom stereocenters. The minimum atomic E-state index is -0.699. The molecule has 0 aromatic rings. The molecular formula is C15H22O3. The Morgan fingerprint density at radius 1 is 1.28 bits per heavy atom. The molecule has 2 fully saturated rings. The van der Waals surface area contributed by atoms with Gasteiger partial charge in [0.15, 0.2) is 5.79 Å². The fraction of sp³-hybridized carbons (Fsp3) is 0.667. The van der Waals surface area contributed by atoms with Crippen molar-refractivity contribution in [1.82, 2.24) is 0 Å². The number of hydrogen-bond donors (Lipinski definition) is 0. The standard InChI is InChI=1S/C15H22O3/c1-3-5-9-15(17-10-11-18-15)14-12(6-4-2)7-8-13(14)16/h3-4,12,14H,1-2,5-11H2/t12-,14+/m1/s1. The lowest BCUT2D eigenvalue weighted by Gasteiger charge is -2.35. The van der Waals surface area contributed by atoms with Gasteiger partial charge in [-0.25, -0.2) is 0 Å². The van der Waals surface area contributed by atoms with Crippen LogP contribution in [0.15, 0.2) is 25.3 Å². The van der Waals surface area contributed by atoms with Crippen LogP contribution in [0.5, 0.6) is 0 Å². The van der Waals surface area contributed by atoms with Crippen LogP contribution in [0, 0.1) is 11.8 Å². The van der Waals surface area contributed by atoms with E-state index in [1.807, 2.05) is 12.2 Å². The molecule has 100 valence electrons. The average molecular weight is 250 g/mol. The second-order valence-corrected chi connectivity index (χ2v) is 5.10. The van der Waals surface area contributed by atoms with E-state index in [4.69, 9.17) is 9.47 Å². The quantitative estimate of drug-likeness (QED) is 0.680. The largest absolute Gasteiger partial charge is 0.347 e. The molecule has 0 N–H and O–H groups in total. The highest BCUT2D eigenvalue weighted by atomic mass is 16.7. The third-order valence-corrected chi connectivity index (χ3v) is 4.00. The molecular weight excluding hydrogens is 228 g/mol. The molecule has 2 aliphatic rings. The predicted molar refractivity (Wildman–Crippen MR) is 70.1 cm³/mol. The smallest absolute Gasteiger partial charge is 0.178 e. The maximum Gasteiger partial charge on any atom is 0.178 e. The van der Waals surface area contributed by atoms with E-state index in [-0.39, 0.29) is 11.7 Å². The summed E-state index contributed by atoms with van der Waals surface area (Å²) in [7, 11) is 0. The molecule has 3 nitrogen and oxygen atoms in total. The molecule has 3 heteroatoms. The van der Waals surface area contributed by atoms with Gasteiger partial charge in [0.05, 0.1) is 19.1 Å². The molecule has 1 aliphatic heterocycles. The van der Waals surface area contributed by atoms with Gasteiger partial charge in [-0.3, -0.25) is 4.79 Å². The van der Waals surface area contributed by atoms with Crippen LogP contribution in [0.1, 0.15) is 32.1 Å². The van der Waals surface area contributed by atoms with Crippen molar-refractivity contribution in [3.8, 4) is 0 Å². The van der Waals surface area contributed by atoms with E-state index in [1.54, 1.807) is 0 Å². The minimum absolute atomic E-state index is 0.127. The van der Waals surface area contributed by atoms with E-state index in [0.717, 1.165) is 25.7 Å². The first-order valence-corrected chi connectivity index (χ1v) is 6.76. The predicted octanol–water partition coefficient (Wildman–Crippen LogP) is 2.87. The summed E-state index contributed by atoms with van der Waals surface area (Å²) in [6.45, 7) is 8.70. The highest BCUT2D eigenvalue weighted by Gasteiger charge is 2.52. The van der Waals surface area contributed by atoms with Gasteiger partial charge in [-0.05, 0) is 25.2 Å². The summed E-state index contributed by atoms with van der Waals surface area (Å²) in [6.07, 6.45) is 7.72. The number of allylic oxidation sites excluding steroid dienone is 2. The highest BCUT2D eigenvalue weighted by molar-refractivity contribution is 5.84. The lowest BCUT2D eigenvalue weighted by molar-refractivity contribution is -0.205. The zero-order valence-corrected chi connectivity index (χ0v) is 10.9. The maximum absolute atomic E-state index is 12.2. The first kappa shape index (κ1) is 13.5. The van der Waals surface area contributed by atoms with Crippen LogP contribution in [0.25, 0.3) is 0 Å². The van der Waals surface area contributed by atoms with E-state index in [0.29, 0.717) is 25.6 Å². The Balaban J connectivity index is 2.19. The van der Waals surface area contributed by atoms with Crippen LogP contribution in [-0.4, -0.2) is 24.8 Å². The van der Waals surface area contributed by atoms with E-state index in [2.05, 4.69) is 13.2 Å². The Morgan fingerprint density at radius 2 is 2.00 bits per heavy atom. The van der Waals surface area contributed by atoms with E-state index < -0.39 is 5.79 Å². The van der Waals surface area contributed by atoms with Gasteiger partial charge in [-0.1, -0.05) is 12.2 Å². The topological polar surface area (TPSA) is 35.5 Å². The first-order valence-electron chi connectivity index (χ1n) is 6.76. The number of ether oxygens (including phenoxy) is 2. The molecule has 2 rings (SSSR count). The van der Waals surface area contributed by atoms with E-state index in [1.165, 1.54) is 0 Å². The number of ketones is 1. The summed E-state index contributed by atoms with van der Waals surface area (Å²) in [6, 6.07) is 0. The molecule has 0 aromatic carbocycles. The second kappa shape index (κ2) is 5.81. The summed E-state index contributed by atoms with van der Waals surface area (Å²) < 4.78 is 11.7. The van der Waals surface area contributed by atoms with Crippen LogP contribution >= 0.6 is 0 Å². The third-order valence-electron chi connectivity index (χ3n) is 4.00. The van der Waals surface area contributed by atoms with Crippen LogP contribution in [0.2, 0.25) is 0 Å². The van der Waals surface area contributed by atoms with Gasteiger partial charge in [0.25, 0.3) is 0 Å². The number of carbonyl (C=O) groups is 1. The molecule has 0 bridgehead atoms. The normalized spacial score (nSPS) is 30.6. The summed E-state index contributed by atoms with van der Waals surface area (Å²) in [5, 5.41) is 0. The summed E-state index contributed by atoms with van der Waals surface area (Å²) in [5.74, 6) is -0.223. The van der Waals surface area contributed by atoms with Gasteiger partial charge < -0.3 is 9.47 Å². The van der Waals surface area contributed by atoms with Gasteiger partial charge in [0.1, 0.15) is 5.78 Å². The Hall–Kier alpha value is -0.930. The molecule has 1 aliphatic carbocycles. The molecule has 0 aromatic heterocycles. The van der Waals surface area contributed by atoms with Crippen molar-refractivity contribution in [1.29, 1.82) is 0 Å². The molecule has 0 spiro atoms. The van der Waals surface area contributed by atoms with Gasteiger partial charge in [0.2, 0.25) is 0 Å². The van der Waals surface area contributed by atoms with E-state index in [9.17, 15) is 4.79 Å². The number of Topliss-reactive ketones (excluding diaryl/α,β-unsaturated/α-hetero) is 1. The summed E-state index contributed by atoms with van der Waals surface area (Å²) in [4.78, 5) is 12.2. The van der Waals surface area contributed by atoms with Crippen LogP contribution in [0.4, 0.5) is 0 Å². The fourth-order valence-corrected chi connectivity index (χ4v) is 3.24. The van der Waals surface area contributed by atoms with Crippen LogP contribution in [0.3, 0.4) is 0 Å². The van der Waals surface area contributed by atoms with Crippen molar-refractivity contribution in [3.63, 3.8) is 0 Å². The lowest BCUT2D eigenvalue weighted by Crippen LogP contribution is -2.44. The van der Waals surface area contributed by atoms with Crippen molar-refractivity contribution in [2.45, 2.75) is 37.9 Å². The summed E-state index contributed by atoms with van der Waals surface area (Å²) >= 11 is 0. The minimum Gasteiger partial charge on any atom is -0.347 e. The van der Waals surface area contributed by atoms with Gasteiger partial charge >= 0.3 is 0 Å². The molecule has 1 heterocycles. The summed E-state index contributed by atoms with van der Waals surface area (Å²) in [5.41, 5.74) is 0. The molecule has 1 saturated carbocycles. The number of hydrogen-bond acceptors (Lipinski definition) is 3. The molecule has 1 saturated heterocycles. The van der Waals surface area contributed by atoms with Gasteiger partial charge in [0, 0.05) is 12.8 Å². The van der Waals surface area contributed by atoms with Gasteiger partial charge in [-0.2, -0.15) is 0 Å². The first-order chi connectivity index (χ1) is 8.73. The van der Waals surface area contributed by atoms with Crippen molar-refractivity contribution in [2.24, 2.45) is 11.8 Å². The van der Waals surface area contributed by atoms with Crippen molar-refractivity contribution < 1.29 is 14.3 Å². The maximum atomic E-state index is 12.2. The lowest BCUT2D eigenvalue weighted by atomic mass is 9.83. The molecule has 0 amide bonds. The van der Waals surface area contributed by atoms with Crippen molar-refractivity contribution in [3.05, 3.63) is 25.3 Å². The van der Waals surface area contributed by atoms with Crippen LogP contribution in [-0.2, 0) is 14.3 Å². The number of carbonyl (C=O) groups excluding carboxylic acids is 1. The second-order valence-electron chi connectivity index (χ2n) is 5.10. The monoisotopic (exact) mass is 250 g/mol. The molecule has 18 heavy (non-hydrogen) atoms. The zero-order valence-electron chi connectivity index (χ0n) is 10.9. The highest BCUT2D eigenvalue weighted by Crippen LogP contribution is 2.45. The van der Waals surface area contributed by atoms with Gasteiger partial charge in [-0.15, -0.1) is 13.2 Å². The van der Waals surface area contributed by atoms with Crippen molar-refractivity contribution >= 4 is 5.78 Å². The zero-order chi connectivity index (χ0) is 13.0. The Morgan fingerprint density at radius 3 is 2.61 bits per heavy atom. The fourth-order valence-electron chi connectivity index (χ4n) is 3.24. The average Bonchev–Trinajstić information content (AvgIpc) is 2.96. The molecule has 2 atom stereocenters. The van der Waals surface area contributed by atoms with E-state index >= 15 is 0 Å².